The fourth-order valence-corrected chi connectivity index (χ4v) is 2.37. The van der Waals surface area contributed by atoms with Crippen molar-refractivity contribution in [2.45, 2.75) is 0 Å². The molecule has 1 aromatic carbocycles. The van der Waals surface area contributed by atoms with Crippen LogP contribution in [0.15, 0.2) is 39.5 Å². The lowest BCUT2D eigenvalue weighted by Gasteiger charge is -1.94. The molecule has 74 valence electrons. The zero-order valence-electron chi connectivity index (χ0n) is 7.50. The zero-order chi connectivity index (χ0) is 10.4. The summed E-state index contributed by atoms with van der Waals surface area (Å²) in [4.78, 5) is 4.08. The summed E-state index contributed by atoms with van der Waals surface area (Å²) in [6.07, 6.45) is 3.48. The molecule has 0 bridgehead atoms. The number of nitrogens with zero attached hydrogens (tertiary/aromatic N) is 1. The molecule has 2 heterocycles. The van der Waals surface area contributed by atoms with Crippen molar-refractivity contribution in [1.82, 2.24) is 4.98 Å². The van der Waals surface area contributed by atoms with Gasteiger partial charge in [0.2, 0.25) is 0 Å². The average Bonchev–Trinajstić information content (AvgIpc) is 2.64. The van der Waals surface area contributed by atoms with Gasteiger partial charge in [-0.25, -0.2) is 0 Å². The van der Waals surface area contributed by atoms with Gasteiger partial charge in [0.15, 0.2) is 5.58 Å². The number of pyridine rings is 1. The smallest absolute Gasteiger partial charge is 0.155 e. The van der Waals surface area contributed by atoms with E-state index in [0.717, 1.165) is 20.8 Å². The number of halogens is 2. The minimum atomic E-state index is 0.615. The second kappa shape index (κ2) is 3.22. The number of aromatic nitrogens is 1. The van der Waals surface area contributed by atoms with Gasteiger partial charge in [0.25, 0.3) is 0 Å². The maximum atomic E-state index is 6.07. The number of fused-ring (bicyclic) bond motifs is 3. The Morgan fingerprint density at radius 3 is 3.00 bits per heavy atom. The number of benzene rings is 1. The molecule has 0 radical (unpaired) electrons. The summed E-state index contributed by atoms with van der Waals surface area (Å²) in [6, 6.07) is 5.55. The summed E-state index contributed by atoms with van der Waals surface area (Å²) in [5, 5.41) is 2.57. The third-order valence-corrected chi connectivity index (χ3v) is 3.28. The monoisotopic (exact) mass is 281 g/mol. The van der Waals surface area contributed by atoms with Crippen LogP contribution in [0.1, 0.15) is 0 Å². The quantitative estimate of drug-likeness (QED) is 0.611. The van der Waals surface area contributed by atoms with E-state index in [2.05, 4.69) is 20.9 Å². The molecule has 4 heteroatoms. The summed E-state index contributed by atoms with van der Waals surface area (Å²) in [7, 11) is 0. The Hall–Kier alpha value is -1.06. The first-order valence-electron chi connectivity index (χ1n) is 4.37. The van der Waals surface area contributed by atoms with Gasteiger partial charge in [-0.2, -0.15) is 0 Å². The lowest BCUT2D eigenvalue weighted by Crippen LogP contribution is -1.72. The molecule has 0 saturated carbocycles. The highest BCUT2D eigenvalue weighted by Gasteiger charge is 2.12. The standard InChI is InChI=1S/C11H5BrClNO/c12-7-1-2-8(13)11-10(7)6-5-14-4-3-9(6)15-11/h1-5H. The number of furan rings is 1. The van der Waals surface area contributed by atoms with Gasteiger partial charge in [0, 0.05) is 27.6 Å². The third kappa shape index (κ3) is 1.27. The molecule has 0 amide bonds. The molecule has 0 aliphatic heterocycles. The van der Waals surface area contributed by atoms with Crippen molar-refractivity contribution in [3.8, 4) is 0 Å². The Morgan fingerprint density at radius 1 is 1.27 bits per heavy atom. The van der Waals surface area contributed by atoms with Gasteiger partial charge in [-0.3, -0.25) is 4.98 Å². The van der Waals surface area contributed by atoms with Crippen molar-refractivity contribution >= 4 is 49.5 Å². The molecule has 3 rings (SSSR count). The Balaban J connectivity index is 2.66. The zero-order valence-corrected chi connectivity index (χ0v) is 9.84. The van der Waals surface area contributed by atoms with Gasteiger partial charge >= 0.3 is 0 Å². The van der Waals surface area contributed by atoms with E-state index in [-0.39, 0.29) is 0 Å². The van der Waals surface area contributed by atoms with Crippen LogP contribution >= 0.6 is 27.5 Å². The van der Waals surface area contributed by atoms with E-state index < -0.39 is 0 Å². The summed E-state index contributed by atoms with van der Waals surface area (Å²) < 4.78 is 6.63. The predicted octanol–water partition coefficient (Wildman–Crippen LogP) is 4.40. The van der Waals surface area contributed by atoms with Crippen LogP contribution in [0, 0.1) is 0 Å². The van der Waals surface area contributed by atoms with Gasteiger partial charge in [0.05, 0.1) is 5.02 Å². The molecule has 0 spiro atoms. The molecule has 0 atom stereocenters. The van der Waals surface area contributed by atoms with Crippen LogP contribution in [0.3, 0.4) is 0 Å². The van der Waals surface area contributed by atoms with Crippen LogP contribution in [0.2, 0.25) is 5.02 Å². The maximum Gasteiger partial charge on any atom is 0.155 e. The van der Waals surface area contributed by atoms with Gasteiger partial charge in [-0.1, -0.05) is 27.5 Å². The summed E-state index contributed by atoms with van der Waals surface area (Å²) in [5.74, 6) is 0. The van der Waals surface area contributed by atoms with Crippen molar-refractivity contribution in [3.63, 3.8) is 0 Å². The Kier molecular flexibility index (Phi) is 1.97. The highest BCUT2D eigenvalue weighted by Crippen LogP contribution is 2.37. The van der Waals surface area contributed by atoms with Crippen molar-refractivity contribution < 1.29 is 4.42 Å². The lowest BCUT2D eigenvalue weighted by molar-refractivity contribution is 0.668. The normalized spacial score (nSPS) is 11.3. The largest absolute Gasteiger partial charge is 0.454 e. The summed E-state index contributed by atoms with van der Waals surface area (Å²) in [6.45, 7) is 0. The van der Waals surface area contributed by atoms with Crippen molar-refractivity contribution in [2.75, 3.05) is 0 Å². The first kappa shape index (κ1) is 9.19. The van der Waals surface area contributed by atoms with Crippen LogP contribution in [-0.2, 0) is 0 Å². The fraction of sp³-hybridized carbons (Fsp3) is 0. The van der Waals surface area contributed by atoms with E-state index in [4.69, 9.17) is 16.0 Å². The minimum Gasteiger partial charge on any atom is -0.454 e. The molecule has 0 aliphatic rings. The molecule has 15 heavy (non-hydrogen) atoms. The summed E-state index contributed by atoms with van der Waals surface area (Å²) in [5.41, 5.74) is 1.50. The van der Waals surface area contributed by atoms with Gasteiger partial charge in [0.1, 0.15) is 5.58 Å². The van der Waals surface area contributed by atoms with Crippen LogP contribution < -0.4 is 0 Å². The second-order valence-corrected chi connectivity index (χ2v) is 4.47. The fourth-order valence-electron chi connectivity index (χ4n) is 1.65. The van der Waals surface area contributed by atoms with Crippen LogP contribution in [0.25, 0.3) is 21.9 Å². The molecule has 0 unspecified atom stereocenters. The summed E-state index contributed by atoms with van der Waals surface area (Å²) >= 11 is 9.55. The van der Waals surface area contributed by atoms with E-state index >= 15 is 0 Å². The highest BCUT2D eigenvalue weighted by atomic mass is 79.9. The van der Waals surface area contributed by atoms with E-state index in [1.54, 1.807) is 12.4 Å². The van der Waals surface area contributed by atoms with E-state index in [9.17, 15) is 0 Å². The molecule has 2 aromatic heterocycles. The SMILES string of the molecule is Clc1ccc(Br)c2c1oc1ccncc12. The van der Waals surface area contributed by atoms with Gasteiger partial charge < -0.3 is 4.42 Å². The molecule has 0 N–H and O–H groups in total. The molecular weight excluding hydrogens is 277 g/mol. The Labute approximate surface area is 99.0 Å². The molecule has 0 saturated heterocycles. The lowest BCUT2D eigenvalue weighted by atomic mass is 10.2. The topological polar surface area (TPSA) is 26.0 Å². The van der Waals surface area contributed by atoms with Crippen molar-refractivity contribution in [3.05, 3.63) is 40.1 Å². The first-order chi connectivity index (χ1) is 7.27. The average molecular weight is 283 g/mol. The van der Waals surface area contributed by atoms with Crippen molar-refractivity contribution in [1.29, 1.82) is 0 Å². The number of hydrogen-bond donors (Lipinski definition) is 0. The Morgan fingerprint density at radius 2 is 2.13 bits per heavy atom. The molecule has 0 aliphatic carbocycles. The van der Waals surface area contributed by atoms with Crippen LogP contribution in [-0.4, -0.2) is 4.98 Å². The minimum absolute atomic E-state index is 0.615. The molecule has 3 aromatic rings. The third-order valence-electron chi connectivity index (χ3n) is 2.32. The van der Waals surface area contributed by atoms with Gasteiger partial charge in [-0.05, 0) is 18.2 Å². The number of hydrogen-bond acceptors (Lipinski definition) is 2. The van der Waals surface area contributed by atoms with Crippen LogP contribution in [0.5, 0.6) is 0 Å². The molecule has 0 fully saturated rings. The van der Waals surface area contributed by atoms with Crippen molar-refractivity contribution in [2.24, 2.45) is 0 Å². The molecular formula is C11H5BrClNO. The second-order valence-electron chi connectivity index (χ2n) is 3.21. The predicted molar refractivity (Wildman–Crippen MR) is 64.2 cm³/mol. The number of rotatable bonds is 0. The molecule has 2 nitrogen and oxygen atoms in total. The van der Waals surface area contributed by atoms with E-state index in [1.807, 2.05) is 18.2 Å². The van der Waals surface area contributed by atoms with Crippen LogP contribution in [0.4, 0.5) is 0 Å². The van der Waals surface area contributed by atoms with Gasteiger partial charge in [-0.15, -0.1) is 0 Å². The highest BCUT2D eigenvalue weighted by molar-refractivity contribution is 9.10. The van der Waals surface area contributed by atoms with E-state index in [0.29, 0.717) is 10.6 Å². The maximum absolute atomic E-state index is 6.07. The first-order valence-corrected chi connectivity index (χ1v) is 5.54. The Bertz CT molecular complexity index is 662. The van der Waals surface area contributed by atoms with E-state index in [1.165, 1.54) is 0 Å².